The Morgan fingerprint density at radius 1 is 1.11 bits per heavy atom. The van der Waals surface area contributed by atoms with Gasteiger partial charge in [0.05, 0.1) is 24.8 Å². The number of sulfonamides is 1. The van der Waals surface area contributed by atoms with Gasteiger partial charge in [-0.25, -0.2) is 4.83 Å². The van der Waals surface area contributed by atoms with Crippen molar-refractivity contribution in [2.75, 3.05) is 13.7 Å². The van der Waals surface area contributed by atoms with Crippen LogP contribution in [-0.4, -0.2) is 28.3 Å². The largest absolute Gasteiger partial charge is 0.493 e. The quantitative estimate of drug-likeness (QED) is 0.551. The second-order valence-corrected chi connectivity index (χ2v) is 8.37. The molecule has 0 fully saturated rings. The molecule has 7 heteroatoms. The summed E-state index contributed by atoms with van der Waals surface area (Å²) in [4.78, 5) is 2.47. The van der Waals surface area contributed by atoms with Gasteiger partial charge < -0.3 is 9.47 Å². The van der Waals surface area contributed by atoms with Gasteiger partial charge in [0.25, 0.3) is 10.0 Å². The van der Waals surface area contributed by atoms with E-state index in [0.29, 0.717) is 35.2 Å². The van der Waals surface area contributed by atoms with Gasteiger partial charge in [0.1, 0.15) is 0 Å². The Morgan fingerprint density at radius 2 is 1.85 bits per heavy atom. The van der Waals surface area contributed by atoms with Crippen LogP contribution in [0, 0.1) is 19.8 Å². The van der Waals surface area contributed by atoms with Crippen LogP contribution >= 0.6 is 0 Å². The first-order chi connectivity index (χ1) is 12.7. The number of hydrogen-bond acceptors (Lipinski definition) is 5. The minimum Gasteiger partial charge on any atom is -0.493 e. The van der Waals surface area contributed by atoms with Gasteiger partial charge in [-0.3, -0.25) is 0 Å². The van der Waals surface area contributed by atoms with E-state index in [-0.39, 0.29) is 4.90 Å². The van der Waals surface area contributed by atoms with Gasteiger partial charge in [-0.1, -0.05) is 26.0 Å². The maximum atomic E-state index is 12.5. The zero-order valence-electron chi connectivity index (χ0n) is 16.3. The van der Waals surface area contributed by atoms with Crippen molar-refractivity contribution in [3.05, 3.63) is 53.1 Å². The molecule has 0 radical (unpaired) electrons. The van der Waals surface area contributed by atoms with Crippen LogP contribution in [0.25, 0.3) is 0 Å². The fourth-order valence-electron chi connectivity index (χ4n) is 2.36. The third-order valence-electron chi connectivity index (χ3n) is 3.78. The second kappa shape index (κ2) is 8.90. The Hall–Kier alpha value is -2.54. The number of ether oxygens (including phenoxy) is 2. The van der Waals surface area contributed by atoms with Crippen molar-refractivity contribution >= 4 is 16.2 Å². The highest BCUT2D eigenvalue weighted by Crippen LogP contribution is 2.28. The van der Waals surface area contributed by atoms with Crippen molar-refractivity contribution < 1.29 is 17.9 Å². The van der Waals surface area contributed by atoms with E-state index >= 15 is 0 Å². The topological polar surface area (TPSA) is 77.0 Å². The third kappa shape index (κ3) is 5.72. The van der Waals surface area contributed by atoms with E-state index in [9.17, 15) is 8.42 Å². The molecule has 0 saturated carbocycles. The highest BCUT2D eigenvalue weighted by Gasteiger charge is 2.15. The van der Waals surface area contributed by atoms with E-state index in [1.54, 1.807) is 44.4 Å². The molecule has 0 aliphatic heterocycles. The van der Waals surface area contributed by atoms with Gasteiger partial charge in [0.2, 0.25) is 0 Å². The predicted octanol–water partition coefficient (Wildman–Crippen LogP) is 3.66. The second-order valence-electron chi connectivity index (χ2n) is 6.74. The molecule has 2 aromatic carbocycles. The van der Waals surface area contributed by atoms with E-state index in [1.807, 2.05) is 13.0 Å². The summed E-state index contributed by atoms with van der Waals surface area (Å²) in [5.41, 5.74) is 2.22. The fourth-order valence-corrected chi connectivity index (χ4v) is 3.48. The summed E-state index contributed by atoms with van der Waals surface area (Å²) >= 11 is 0. The summed E-state index contributed by atoms with van der Waals surface area (Å²) in [5.74, 6) is 1.60. The minimum atomic E-state index is -3.73. The van der Waals surface area contributed by atoms with Crippen LogP contribution in [0.2, 0.25) is 0 Å². The average Bonchev–Trinajstić information content (AvgIpc) is 2.62. The maximum Gasteiger partial charge on any atom is 0.276 e. The van der Waals surface area contributed by atoms with Crippen LogP contribution < -0.4 is 14.3 Å². The van der Waals surface area contributed by atoms with Crippen molar-refractivity contribution in [1.29, 1.82) is 0 Å². The lowest BCUT2D eigenvalue weighted by atomic mass is 10.2. The Kier molecular flexibility index (Phi) is 6.85. The summed E-state index contributed by atoms with van der Waals surface area (Å²) < 4.78 is 35.9. The van der Waals surface area contributed by atoms with Gasteiger partial charge in [-0.15, -0.1) is 0 Å². The zero-order valence-corrected chi connectivity index (χ0v) is 17.1. The fraction of sp³-hybridized carbons (Fsp3) is 0.350. The average molecular weight is 391 g/mol. The zero-order chi connectivity index (χ0) is 20.0. The van der Waals surface area contributed by atoms with Crippen molar-refractivity contribution in [2.45, 2.75) is 32.6 Å². The van der Waals surface area contributed by atoms with Gasteiger partial charge in [0, 0.05) is 0 Å². The normalized spacial score (nSPS) is 11.8. The first-order valence-corrected chi connectivity index (χ1v) is 10.1. The number of nitrogens with one attached hydrogen (secondary N) is 1. The van der Waals surface area contributed by atoms with E-state index in [0.717, 1.165) is 5.56 Å². The van der Waals surface area contributed by atoms with Crippen molar-refractivity contribution in [2.24, 2.45) is 11.0 Å². The molecule has 0 atom stereocenters. The number of benzene rings is 2. The maximum absolute atomic E-state index is 12.5. The molecule has 0 aliphatic rings. The molecular weight excluding hydrogens is 364 g/mol. The first-order valence-electron chi connectivity index (χ1n) is 8.66. The number of hydrogen-bond donors (Lipinski definition) is 1. The SMILES string of the molecule is COc1cc(/C=N\NS(=O)(=O)c2cc(C)ccc2C)ccc1OCC(C)C. The lowest BCUT2D eigenvalue weighted by Crippen LogP contribution is -2.19. The summed E-state index contributed by atoms with van der Waals surface area (Å²) in [7, 11) is -2.17. The van der Waals surface area contributed by atoms with Crippen LogP contribution in [0.5, 0.6) is 11.5 Å². The molecular formula is C20H26N2O4S. The number of aryl methyl sites for hydroxylation is 2. The standard InChI is InChI=1S/C20H26N2O4S/c1-14(2)13-26-18-9-8-17(11-19(18)25-5)12-21-22-27(23,24)20-10-15(3)6-7-16(20)4/h6-12,14,22H,13H2,1-5H3/b21-12-. The monoisotopic (exact) mass is 390 g/mol. The number of hydrazone groups is 1. The molecule has 0 aromatic heterocycles. The lowest BCUT2D eigenvalue weighted by molar-refractivity contribution is 0.257. The van der Waals surface area contributed by atoms with E-state index in [1.165, 1.54) is 6.21 Å². The van der Waals surface area contributed by atoms with E-state index < -0.39 is 10.0 Å². The number of methoxy groups -OCH3 is 1. The van der Waals surface area contributed by atoms with Gasteiger partial charge in [0.15, 0.2) is 11.5 Å². The van der Waals surface area contributed by atoms with Crippen molar-refractivity contribution in [3.8, 4) is 11.5 Å². The molecule has 1 N–H and O–H groups in total. The van der Waals surface area contributed by atoms with Crippen molar-refractivity contribution in [3.63, 3.8) is 0 Å². The van der Waals surface area contributed by atoms with Crippen LogP contribution in [0.4, 0.5) is 0 Å². The molecule has 27 heavy (non-hydrogen) atoms. The van der Waals surface area contributed by atoms with Gasteiger partial charge >= 0.3 is 0 Å². The first kappa shape index (κ1) is 20.8. The van der Waals surface area contributed by atoms with Gasteiger partial charge in [-0.05, 0) is 60.7 Å². The number of nitrogens with zero attached hydrogens (tertiary/aromatic N) is 1. The van der Waals surface area contributed by atoms with Crippen LogP contribution in [0.1, 0.15) is 30.5 Å². The highest BCUT2D eigenvalue weighted by atomic mass is 32.2. The molecule has 146 valence electrons. The Bertz CT molecular complexity index is 922. The number of rotatable bonds is 8. The molecule has 2 aromatic rings. The smallest absolute Gasteiger partial charge is 0.276 e. The molecule has 2 rings (SSSR count). The Balaban J connectivity index is 2.14. The summed E-state index contributed by atoms with van der Waals surface area (Å²) in [6, 6.07) is 10.6. The lowest BCUT2D eigenvalue weighted by Gasteiger charge is -2.12. The summed E-state index contributed by atoms with van der Waals surface area (Å²) in [6.07, 6.45) is 1.43. The van der Waals surface area contributed by atoms with Crippen LogP contribution in [0.15, 0.2) is 46.4 Å². The molecule has 0 amide bonds. The molecule has 0 spiro atoms. The van der Waals surface area contributed by atoms with E-state index in [2.05, 4.69) is 23.8 Å². The molecule has 6 nitrogen and oxygen atoms in total. The predicted molar refractivity (Wildman–Crippen MR) is 107 cm³/mol. The Labute approximate surface area is 161 Å². The molecule has 0 aliphatic carbocycles. The van der Waals surface area contributed by atoms with Gasteiger partial charge in [-0.2, -0.15) is 13.5 Å². The van der Waals surface area contributed by atoms with E-state index in [4.69, 9.17) is 9.47 Å². The highest BCUT2D eigenvalue weighted by molar-refractivity contribution is 7.89. The van der Waals surface area contributed by atoms with Crippen LogP contribution in [-0.2, 0) is 10.0 Å². The molecule has 0 bridgehead atoms. The molecule has 0 unspecified atom stereocenters. The summed E-state index contributed by atoms with van der Waals surface area (Å²) in [5, 5.41) is 3.88. The van der Waals surface area contributed by atoms with Crippen molar-refractivity contribution in [1.82, 2.24) is 4.83 Å². The minimum absolute atomic E-state index is 0.217. The summed E-state index contributed by atoms with van der Waals surface area (Å²) in [6.45, 7) is 8.31. The third-order valence-corrected chi connectivity index (χ3v) is 5.14. The Morgan fingerprint density at radius 3 is 2.52 bits per heavy atom. The molecule has 0 heterocycles. The molecule has 0 saturated heterocycles. The van der Waals surface area contributed by atoms with Crippen LogP contribution in [0.3, 0.4) is 0 Å².